The minimum Gasteiger partial charge on any atom is -0.491 e. The van der Waals surface area contributed by atoms with Crippen molar-refractivity contribution in [1.82, 2.24) is 15.5 Å². The fourth-order valence-electron chi connectivity index (χ4n) is 5.57. The quantitative estimate of drug-likeness (QED) is 0.772. The van der Waals surface area contributed by atoms with Gasteiger partial charge in [0.2, 0.25) is 5.91 Å². The Balaban J connectivity index is 1.15. The molecule has 0 bridgehead atoms. The minimum absolute atomic E-state index is 0.0391. The van der Waals surface area contributed by atoms with Gasteiger partial charge in [-0.05, 0) is 49.9 Å². The Morgan fingerprint density at radius 2 is 1.81 bits per heavy atom. The first-order chi connectivity index (χ1) is 15.1. The van der Waals surface area contributed by atoms with Crippen LogP contribution < -0.4 is 15.4 Å². The van der Waals surface area contributed by atoms with Crippen LogP contribution in [0.5, 0.6) is 5.75 Å². The van der Waals surface area contributed by atoms with Gasteiger partial charge in [-0.3, -0.25) is 14.9 Å². The summed E-state index contributed by atoms with van der Waals surface area (Å²) < 4.78 is 11.4. The Bertz CT molecular complexity index is 805. The third kappa shape index (κ3) is 4.17. The lowest BCUT2D eigenvalue weighted by molar-refractivity contribution is -0.125. The maximum Gasteiger partial charge on any atom is 0.253 e. The molecule has 1 unspecified atom stereocenters. The van der Waals surface area contributed by atoms with E-state index < -0.39 is 0 Å². The topological polar surface area (TPSA) is 79.9 Å². The number of amides is 2. The molecule has 3 saturated heterocycles. The molecule has 31 heavy (non-hydrogen) atoms. The lowest BCUT2D eigenvalue weighted by atomic mass is 9.81. The maximum absolute atomic E-state index is 13.0. The first-order valence-corrected chi connectivity index (χ1v) is 11.8. The van der Waals surface area contributed by atoms with Crippen molar-refractivity contribution < 1.29 is 19.1 Å². The van der Waals surface area contributed by atoms with E-state index >= 15 is 0 Å². The molecule has 1 saturated carbocycles. The molecule has 1 aromatic rings. The highest BCUT2D eigenvalue weighted by Crippen LogP contribution is 2.37. The maximum atomic E-state index is 13.0. The van der Waals surface area contributed by atoms with Gasteiger partial charge in [0.15, 0.2) is 0 Å². The normalized spacial score (nSPS) is 26.9. The summed E-state index contributed by atoms with van der Waals surface area (Å²) >= 11 is 0. The van der Waals surface area contributed by atoms with Gasteiger partial charge < -0.3 is 19.7 Å². The monoisotopic (exact) mass is 427 g/mol. The van der Waals surface area contributed by atoms with Gasteiger partial charge in [-0.1, -0.05) is 19.3 Å². The predicted molar refractivity (Wildman–Crippen MR) is 116 cm³/mol. The molecule has 1 aromatic carbocycles. The van der Waals surface area contributed by atoms with E-state index in [0.29, 0.717) is 25.3 Å². The van der Waals surface area contributed by atoms with Crippen molar-refractivity contribution in [2.75, 3.05) is 26.3 Å². The highest BCUT2D eigenvalue weighted by atomic mass is 16.5. The fraction of sp³-hybridized carbons (Fsp3) is 0.667. The van der Waals surface area contributed by atoms with Crippen LogP contribution in [0.2, 0.25) is 0 Å². The van der Waals surface area contributed by atoms with Crippen molar-refractivity contribution >= 4 is 11.8 Å². The minimum atomic E-state index is -0.385. The average molecular weight is 428 g/mol. The summed E-state index contributed by atoms with van der Waals surface area (Å²) in [5.74, 6) is 0.961. The van der Waals surface area contributed by atoms with E-state index in [2.05, 4.69) is 10.6 Å². The van der Waals surface area contributed by atoms with Crippen LogP contribution in [0.1, 0.15) is 68.1 Å². The van der Waals surface area contributed by atoms with E-state index in [4.69, 9.17) is 9.47 Å². The molecular weight excluding hydrogens is 394 g/mol. The van der Waals surface area contributed by atoms with E-state index in [0.717, 1.165) is 63.7 Å². The Morgan fingerprint density at radius 1 is 1.06 bits per heavy atom. The van der Waals surface area contributed by atoms with E-state index in [1.165, 1.54) is 6.42 Å². The number of carbonyl (C=O) groups is 2. The van der Waals surface area contributed by atoms with Crippen molar-refractivity contribution in [2.45, 2.75) is 75.1 Å². The van der Waals surface area contributed by atoms with Crippen LogP contribution in [0.3, 0.4) is 0 Å². The van der Waals surface area contributed by atoms with E-state index in [9.17, 15) is 9.59 Å². The second kappa shape index (κ2) is 8.43. The van der Waals surface area contributed by atoms with Gasteiger partial charge in [-0.25, -0.2) is 0 Å². The molecule has 1 aliphatic carbocycles. The molecule has 0 aromatic heterocycles. The van der Waals surface area contributed by atoms with E-state index in [-0.39, 0.29) is 29.1 Å². The standard InChI is InChI=1S/C24H33N3O4/c28-21(18-6-8-19(9-7-18)31-17-20-5-4-16-30-20)27-14-12-24(13-15-27)25-22(29)23(26-24)10-2-1-3-11-23/h6-9,20,26H,1-5,10-17H2,(H,25,29). The first-order valence-electron chi connectivity index (χ1n) is 11.8. The molecule has 168 valence electrons. The molecule has 4 fully saturated rings. The number of rotatable bonds is 4. The number of nitrogens with one attached hydrogen (secondary N) is 2. The van der Waals surface area contributed by atoms with Gasteiger partial charge in [0, 0.05) is 38.1 Å². The summed E-state index contributed by atoms with van der Waals surface area (Å²) in [5.41, 5.74) is -0.0674. The van der Waals surface area contributed by atoms with Crippen LogP contribution in [-0.2, 0) is 9.53 Å². The van der Waals surface area contributed by atoms with Crippen molar-refractivity contribution in [2.24, 2.45) is 0 Å². The third-order valence-electron chi connectivity index (χ3n) is 7.44. The van der Waals surface area contributed by atoms with Gasteiger partial charge in [-0.15, -0.1) is 0 Å². The molecule has 2 amide bonds. The number of hydrogen-bond acceptors (Lipinski definition) is 5. The molecule has 0 radical (unpaired) electrons. The number of likely N-dealkylation sites (tertiary alicyclic amines) is 1. The smallest absolute Gasteiger partial charge is 0.253 e. The highest BCUT2D eigenvalue weighted by molar-refractivity contribution is 5.94. The largest absolute Gasteiger partial charge is 0.491 e. The average Bonchev–Trinajstić information content (AvgIpc) is 3.40. The van der Waals surface area contributed by atoms with Crippen LogP contribution in [0, 0.1) is 0 Å². The predicted octanol–water partition coefficient (Wildman–Crippen LogP) is 2.60. The van der Waals surface area contributed by atoms with Crippen LogP contribution in [0.25, 0.3) is 0 Å². The zero-order valence-corrected chi connectivity index (χ0v) is 18.2. The summed E-state index contributed by atoms with van der Waals surface area (Å²) in [6, 6.07) is 7.40. The van der Waals surface area contributed by atoms with Crippen LogP contribution in [-0.4, -0.2) is 60.3 Å². The Labute approximate surface area is 183 Å². The van der Waals surface area contributed by atoms with Gasteiger partial charge in [0.25, 0.3) is 5.91 Å². The fourth-order valence-corrected chi connectivity index (χ4v) is 5.57. The molecule has 4 aliphatic rings. The van der Waals surface area contributed by atoms with Crippen molar-refractivity contribution in [3.8, 4) is 5.75 Å². The second-order valence-corrected chi connectivity index (χ2v) is 9.57. The molecule has 3 aliphatic heterocycles. The molecule has 2 N–H and O–H groups in total. The first kappa shape index (κ1) is 20.8. The summed E-state index contributed by atoms with van der Waals surface area (Å²) in [6.45, 7) is 2.65. The zero-order chi connectivity index (χ0) is 21.3. The van der Waals surface area contributed by atoms with E-state index in [1.807, 2.05) is 29.2 Å². The zero-order valence-electron chi connectivity index (χ0n) is 18.2. The van der Waals surface area contributed by atoms with Crippen LogP contribution in [0.4, 0.5) is 0 Å². The molecule has 2 spiro atoms. The molecule has 7 nitrogen and oxygen atoms in total. The van der Waals surface area contributed by atoms with Crippen molar-refractivity contribution in [3.05, 3.63) is 29.8 Å². The van der Waals surface area contributed by atoms with Crippen molar-refractivity contribution in [1.29, 1.82) is 0 Å². The number of carbonyl (C=O) groups excluding carboxylic acids is 2. The summed E-state index contributed by atoms with van der Waals surface area (Å²) in [5, 5.41) is 6.95. The number of hydrogen-bond donors (Lipinski definition) is 2. The number of ether oxygens (including phenoxy) is 2. The lowest BCUT2D eigenvalue weighted by Gasteiger charge is -2.41. The third-order valence-corrected chi connectivity index (χ3v) is 7.44. The van der Waals surface area contributed by atoms with Crippen LogP contribution >= 0.6 is 0 Å². The van der Waals surface area contributed by atoms with Gasteiger partial charge in [-0.2, -0.15) is 0 Å². The van der Waals surface area contributed by atoms with Gasteiger partial charge >= 0.3 is 0 Å². The number of benzene rings is 1. The highest BCUT2D eigenvalue weighted by Gasteiger charge is 2.54. The Hall–Kier alpha value is -2.12. The Morgan fingerprint density at radius 3 is 2.48 bits per heavy atom. The number of nitrogens with zero attached hydrogens (tertiary/aromatic N) is 1. The van der Waals surface area contributed by atoms with Gasteiger partial charge in [0.1, 0.15) is 12.4 Å². The summed E-state index contributed by atoms with van der Waals surface area (Å²) in [6.07, 6.45) is 9.08. The molecular formula is C24H33N3O4. The van der Waals surface area contributed by atoms with Crippen molar-refractivity contribution in [3.63, 3.8) is 0 Å². The van der Waals surface area contributed by atoms with Gasteiger partial charge in [0.05, 0.1) is 17.3 Å². The SMILES string of the molecule is O=C(c1ccc(OCC2CCCO2)cc1)N1CCC2(CC1)NC(=O)C1(CCCCC1)N2. The Kier molecular flexibility index (Phi) is 5.65. The molecule has 1 atom stereocenters. The molecule has 7 heteroatoms. The van der Waals surface area contributed by atoms with Crippen LogP contribution in [0.15, 0.2) is 24.3 Å². The molecule has 5 rings (SSSR count). The summed E-state index contributed by atoms with van der Waals surface area (Å²) in [7, 11) is 0. The van der Waals surface area contributed by atoms with E-state index in [1.54, 1.807) is 0 Å². The summed E-state index contributed by atoms with van der Waals surface area (Å²) in [4.78, 5) is 27.7. The molecule has 3 heterocycles. The second-order valence-electron chi connectivity index (χ2n) is 9.57. The number of piperidine rings is 1. The lowest BCUT2D eigenvalue weighted by Crippen LogP contribution is -2.60.